The van der Waals surface area contributed by atoms with E-state index in [1.165, 1.54) is 0 Å². The van der Waals surface area contributed by atoms with Crippen LogP contribution in [0.3, 0.4) is 0 Å². The number of nitrogens with one attached hydrogen (secondary N) is 2. The van der Waals surface area contributed by atoms with E-state index in [1.807, 2.05) is 10.9 Å². The van der Waals surface area contributed by atoms with Crippen LogP contribution in [0.1, 0.15) is 35.3 Å². The van der Waals surface area contributed by atoms with Gasteiger partial charge >= 0.3 is 0 Å². The summed E-state index contributed by atoms with van der Waals surface area (Å²) in [5, 5.41) is 14.4. The van der Waals surface area contributed by atoms with Gasteiger partial charge in [0.2, 0.25) is 11.7 Å². The van der Waals surface area contributed by atoms with Gasteiger partial charge in [-0.15, -0.1) is 0 Å². The fourth-order valence-corrected chi connectivity index (χ4v) is 2.91. The van der Waals surface area contributed by atoms with Gasteiger partial charge in [-0.2, -0.15) is 10.1 Å². The Morgan fingerprint density at radius 2 is 2.23 bits per heavy atom. The third-order valence-corrected chi connectivity index (χ3v) is 4.29. The lowest BCUT2D eigenvalue weighted by molar-refractivity contribution is 0.0940. The lowest BCUT2D eigenvalue weighted by atomic mass is 10.1. The summed E-state index contributed by atoms with van der Waals surface area (Å²) in [4.78, 5) is 20.5. The van der Waals surface area contributed by atoms with Gasteiger partial charge in [0.15, 0.2) is 0 Å². The molecule has 1 fully saturated rings. The highest BCUT2D eigenvalue weighted by atomic mass is 16.5. The molecule has 1 atom stereocenters. The monoisotopic (exact) mass is 353 g/mol. The first-order valence-electron chi connectivity index (χ1n) is 8.56. The Bertz CT molecular complexity index is 868. The number of pyridine rings is 1. The molecule has 0 radical (unpaired) electrons. The van der Waals surface area contributed by atoms with Crippen LogP contribution in [0.2, 0.25) is 0 Å². The SMILES string of the molecule is O=C(NCc1nc(-c2ccncc2)no1)c1ccn(C2CCCNC2)n1. The van der Waals surface area contributed by atoms with E-state index in [0.717, 1.165) is 31.5 Å². The molecular weight excluding hydrogens is 334 g/mol. The Morgan fingerprint density at radius 3 is 3.04 bits per heavy atom. The highest BCUT2D eigenvalue weighted by molar-refractivity contribution is 5.92. The summed E-state index contributed by atoms with van der Waals surface area (Å²) >= 11 is 0. The molecule has 1 amide bonds. The van der Waals surface area contributed by atoms with Crippen LogP contribution in [0.15, 0.2) is 41.3 Å². The van der Waals surface area contributed by atoms with Crippen molar-refractivity contribution < 1.29 is 9.32 Å². The van der Waals surface area contributed by atoms with E-state index in [-0.39, 0.29) is 12.5 Å². The Morgan fingerprint density at radius 1 is 1.35 bits per heavy atom. The zero-order valence-electron chi connectivity index (χ0n) is 14.1. The zero-order valence-corrected chi connectivity index (χ0v) is 14.1. The lowest BCUT2D eigenvalue weighted by Crippen LogP contribution is -2.32. The second-order valence-corrected chi connectivity index (χ2v) is 6.11. The molecule has 9 nitrogen and oxygen atoms in total. The number of hydrogen-bond acceptors (Lipinski definition) is 7. The molecule has 0 spiro atoms. The maximum Gasteiger partial charge on any atom is 0.272 e. The molecule has 0 saturated carbocycles. The third-order valence-electron chi connectivity index (χ3n) is 4.29. The molecule has 2 N–H and O–H groups in total. The average Bonchev–Trinajstić information content (AvgIpc) is 3.37. The first-order valence-corrected chi connectivity index (χ1v) is 8.56. The number of amides is 1. The molecule has 0 bridgehead atoms. The molecular formula is C17H19N7O2. The summed E-state index contributed by atoms with van der Waals surface area (Å²) in [7, 11) is 0. The molecule has 9 heteroatoms. The molecule has 0 aromatic carbocycles. The van der Waals surface area contributed by atoms with Gasteiger partial charge in [-0.1, -0.05) is 5.16 Å². The van der Waals surface area contributed by atoms with E-state index in [9.17, 15) is 4.79 Å². The van der Waals surface area contributed by atoms with Gasteiger partial charge in [0.05, 0.1) is 12.6 Å². The fraction of sp³-hybridized carbons (Fsp3) is 0.353. The second-order valence-electron chi connectivity index (χ2n) is 6.11. The Hall–Kier alpha value is -3.07. The Labute approximate surface area is 149 Å². The van der Waals surface area contributed by atoms with Crippen LogP contribution < -0.4 is 10.6 Å². The van der Waals surface area contributed by atoms with Crippen molar-refractivity contribution in [2.24, 2.45) is 0 Å². The predicted molar refractivity (Wildman–Crippen MR) is 92.1 cm³/mol. The standard InChI is InChI=1S/C17H19N7O2/c25-17(14-5-9-24(22-14)13-2-1-6-19-10-13)20-11-15-21-16(23-26-15)12-3-7-18-8-4-12/h3-5,7-9,13,19H,1-2,6,10-11H2,(H,20,25). The Kier molecular flexibility index (Phi) is 4.69. The Balaban J connectivity index is 1.35. The molecule has 4 rings (SSSR count). The summed E-state index contributed by atoms with van der Waals surface area (Å²) in [6.07, 6.45) is 7.34. The number of nitrogens with zero attached hydrogens (tertiary/aromatic N) is 5. The summed E-state index contributed by atoms with van der Waals surface area (Å²) in [6.45, 7) is 2.06. The minimum atomic E-state index is -0.267. The highest BCUT2D eigenvalue weighted by Crippen LogP contribution is 2.16. The first-order chi connectivity index (χ1) is 12.8. The number of rotatable bonds is 5. The van der Waals surface area contributed by atoms with Crippen molar-refractivity contribution in [1.82, 2.24) is 35.5 Å². The second kappa shape index (κ2) is 7.44. The van der Waals surface area contributed by atoms with E-state index in [1.54, 1.807) is 30.6 Å². The summed E-state index contributed by atoms with van der Waals surface area (Å²) in [5.41, 5.74) is 1.19. The van der Waals surface area contributed by atoms with E-state index in [2.05, 4.69) is 30.9 Å². The molecule has 1 saturated heterocycles. The molecule has 0 aliphatic carbocycles. The number of carbonyl (C=O) groups excluding carboxylic acids is 1. The van der Waals surface area contributed by atoms with Gasteiger partial charge in [0.25, 0.3) is 5.91 Å². The maximum atomic E-state index is 12.3. The van der Waals surface area contributed by atoms with Crippen molar-refractivity contribution in [3.05, 3.63) is 48.4 Å². The molecule has 1 unspecified atom stereocenters. The lowest BCUT2D eigenvalue weighted by Gasteiger charge is -2.22. The van der Waals surface area contributed by atoms with Crippen molar-refractivity contribution in [3.8, 4) is 11.4 Å². The maximum absolute atomic E-state index is 12.3. The van der Waals surface area contributed by atoms with Crippen LogP contribution in [-0.2, 0) is 6.54 Å². The van der Waals surface area contributed by atoms with Crippen LogP contribution >= 0.6 is 0 Å². The molecule has 26 heavy (non-hydrogen) atoms. The normalized spacial score (nSPS) is 17.2. The molecule has 1 aliphatic heterocycles. The first kappa shape index (κ1) is 16.4. The van der Waals surface area contributed by atoms with Crippen molar-refractivity contribution in [1.29, 1.82) is 0 Å². The van der Waals surface area contributed by atoms with Gasteiger partial charge in [0, 0.05) is 30.7 Å². The zero-order chi connectivity index (χ0) is 17.8. The smallest absolute Gasteiger partial charge is 0.272 e. The van der Waals surface area contributed by atoms with Crippen LogP contribution in [0.4, 0.5) is 0 Å². The van der Waals surface area contributed by atoms with Crippen molar-refractivity contribution >= 4 is 5.91 Å². The number of hydrogen-bond donors (Lipinski definition) is 2. The number of carbonyl (C=O) groups is 1. The number of aromatic nitrogens is 5. The molecule has 3 aromatic rings. The van der Waals surface area contributed by atoms with Gasteiger partial charge in [-0.3, -0.25) is 14.5 Å². The summed E-state index contributed by atoms with van der Waals surface area (Å²) in [5.74, 6) is 0.531. The summed E-state index contributed by atoms with van der Waals surface area (Å²) < 4.78 is 7.03. The minimum absolute atomic E-state index is 0.148. The topological polar surface area (TPSA) is 111 Å². The average molecular weight is 353 g/mol. The number of piperidine rings is 1. The van der Waals surface area contributed by atoms with Crippen LogP contribution in [0, 0.1) is 0 Å². The third kappa shape index (κ3) is 3.62. The van der Waals surface area contributed by atoms with Crippen molar-refractivity contribution in [2.45, 2.75) is 25.4 Å². The van der Waals surface area contributed by atoms with E-state index < -0.39 is 0 Å². The predicted octanol–water partition coefficient (Wildman–Crippen LogP) is 1.18. The molecule has 1 aliphatic rings. The molecule has 134 valence electrons. The van der Waals surface area contributed by atoms with E-state index in [4.69, 9.17) is 4.52 Å². The molecule has 3 aromatic heterocycles. The van der Waals surface area contributed by atoms with Crippen LogP contribution in [-0.4, -0.2) is 43.9 Å². The fourth-order valence-electron chi connectivity index (χ4n) is 2.91. The van der Waals surface area contributed by atoms with Gasteiger partial charge in [-0.05, 0) is 37.6 Å². The quantitative estimate of drug-likeness (QED) is 0.708. The summed E-state index contributed by atoms with van der Waals surface area (Å²) in [6, 6.07) is 5.60. The minimum Gasteiger partial charge on any atom is -0.342 e. The van der Waals surface area contributed by atoms with Crippen molar-refractivity contribution in [3.63, 3.8) is 0 Å². The van der Waals surface area contributed by atoms with E-state index in [0.29, 0.717) is 23.5 Å². The molecule has 4 heterocycles. The van der Waals surface area contributed by atoms with E-state index >= 15 is 0 Å². The van der Waals surface area contributed by atoms with Crippen molar-refractivity contribution in [2.75, 3.05) is 13.1 Å². The van der Waals surface area contributed by atoms with Crippen LogP contribution in [0.25, 0.3) is 11.4 Å². The highest BCUT2D eigenvalue weighted by Gasteiger charge is 2.18. The van der Waals surface area contributed by atoms with Crippen LogP contribution in [0.5, 0.6) is 0 Å². The van der Waals surface area contributed by atoms with Gasteiger partial charge < -0.3 is 15.2 Å². The largest absolute Gasteiger partial charge is 0.342 e. The van der Waals surface area contributed by atoms with Gasteiger partial charge in [-0.25, -0.2) is 0 Å². The van der Waals surface area contributed by atoms with Gasteiger partial charge in [0.1, 0.15) is 5.69 Å².